The first-order valence-corrected chi connectivity index (χ1v) is 6.71. The van der Waals surface area contributed by atoms with Crippen LogP contribution in [0.15, 0.2) is 29.1 Å². The maximum Gasteiger partial charge on any atom is 0.290 e. The molecule has 1 fully saturated rings. The van der Waals surface area contributed by atoms with E-state index in [1.807, 2.05) is 35.7 Å². The highest BCUT2D eigenvalue weighted by atomic mass is 35.5. The lowest BCUT2D eigenvalue weighted by Gasteiger charge is -2.35. The van der Waals surface area contributed by atoms with E-state index in [0.29, 0.717) is 18.8 Å². The van der Waals surface area contributed by atoms with Crippen molar-refractivity contribution < 1.29 is 9.21 Å². The largest absolute Gasteiger partial charge is 0.459 e. The number of imidazole rings is 1. The molecule has 1 aliphatic heterocycles. The van der Waals surface area contributed by atoms with E-state index in [2.05, 4.69) is 10.3 Å². The van der Waals surface area contributed by atoms with Crippen LogP contribution in [0.5, 0.6) is 0 Å². The second-order valence-corrected chi connectivity index (χ2v) is 5.05. The maximum atomic E-state index is 12.7. The number of piperazine rings is 1. The molecule has 1 saturated heterocycles. The molecule has 1 unspecified atom stereocenters. The van der Waals surface area contributed by atoms with E-state index >= 15 is 0 Å². The fraction of sp³-hybridized carbons (Fsp3) is 0.429. The molecule has 1 amide bonds. The van der Waals surface area contributed by atoms with E-state index in [0.717, 1.165) is 17.9 Å². The third-order valence-electron chi connectivity index (χ3n) is 3.72. The highest BCUT2D eigenvalue weighted by molar-refractivity contribution is 5.93. The van der Waals surface area contributed by atoms with Crippen LogP contribution in [-0.4, -0.2) is 40.0 Å². The molecule has 0 spiro atoms. The maximum absolute atomic E-state index is 12.7. The smallest absolute Gasteiger partial charge is 0.290 e. The molecule has 2 aromatic rings. The van der Waals surface area contributed by atoms with Gasteiger partial charge in [0.1, 0.15) is 11.9 Å². The van der Waals surface area contributed by atoms with Gasteiger partial charge in [-0.1, -0.05) is 0 Å². The first kappa shape index (κ1) is 15.6. The standard InChI is InChI=1S/C14H18N4O2.ClH/c1-10-3-8-20-12(10)14(19)18-7-4-15-9-11(18)13-16-5-6-17(13)2;/h3,5-6,8,11,15H,4,7,9H2,1-2H3;1H. The molecule has 1 atom stereocenters. The zero-order valence-corrected chi connectivity index (χ0v) is 12.9. The quantitative estimate of drug-likeness (QED) is 0.913. The van der Waals surface area contributed by atoms with Crippen molar-refractivity contribution in [1.82, 2.24) is 19.8 Å². The first-order chi connectivity index (χ1) is 9.68. The Kier molecular flexibility index (Phi) is 4.69. The molecule has 1 aliphatic rings. The molecular formula is C14H19ClN4O2. The Hall–Kier alpha value is -1.79. The van der Waals surface area contributed by atoms with Crippen LogP contribution in [0.2, 0.25) is 0 Å². The highest BCUT2D eigenvalue weighted by Crippen LogP contribution is 2.24. The summed E-state index contributed by atoms with van der Waals surface area (Å²) in [6.07, 6.45) is 5.20. The van der Waals surface area contributed by atoms with Crippen LogP contribution in [0.1, 0.15) is 28.0 Å². The molecule has 0 aromatic carbocycles. The van der Waals surface area contributed by atoms with Gasteiger partial charge in [0.2, 0.25) is 0 Å². The van der Waals surface area contributed by atoms with Crippen molar-refractivity contribution in [2.45, 2.75) is 13.0 Å². The minimum Gasteiger partial charge on any atom is -0.459 e. The summed E-state index contributed by atoms with van der Waals surface area (Å²) < 4.78 is 7.29. The number of hydrogen-bond acceptors (Lipinski definition) is 4. The molecule has 21 heavy (non-hydrogen) atoms. The van der Waals surface area contributed by atoms with Crippen molar-refractivity contribution in [2.75, 3.05) is 19.6 Å². The van der Waals surface area contributed by atoms with E-state index in [1.54, 1.807) is 12.5 Å². The van der Waals surface area contributed by atoms with E-state index in [4.69, 9.17) is 4.42 Å². The van der Waals surface area contributed by atoms with Crippen LogP contribution in [0.3, 0.4) is 0 Å². The molecule has 0 radical (unpaired) electrons. The minimum atomic E-state index is -0.0688. The number of furan rings is 1. The van der Waals surface area contributed by atoms with E-state index in [1.165, 1.54) is 0 Å². The van der Waals surface area contributed by atoms with Crippen molar-refractivity contribution in [2.24, 2.45) is 7.05 Å². The van der Waals surface area contributed by atoms with Crippen LogP contribution in [0.4, 0.5) is 0 Å². The van der Waals surface area contributed by atoms with Crippen molar-refractivity contribution in [1.29, 1.82) is 0 Å². The van der Waals surface area contributed by atoms with Crippen LogP contribution in [0, 0.1) is 6.92 Å². The molecule has 0 saturated carbocycles. The van der Waals surface area contributed by atoms with Crippen LogP contribution in [-0.2, 0) is 7.05 Å². The number of nitrogens with one attached hydrogen (secondary N) is 1. The van der Waals surface area contributed by atoms with Gasteiger partial charge < -0.3 is 19.2 Å². The number of aryl methyl sites for hydroxylation is 2. The molecule has 0 bridgehead atoms. The number of amides is 1. The average molecular weight is 311 g/mol. The Morgan fingerprint density at radius 2 is 2.33 bits per heavy atom. The summed E-state index contributed by atoms with van der Waals surface area (Å²) in [5.74, 6) is 1.24. The Balaban J connectivity index is 0.00000161. The van der Waals surface area contributed by atoms with Crippen molar-refractivity contribution >= 4 is 18.3 Å². The van der Waals surface area contributed by atoms with Gasteiger partial charge in [-0.15, -0.1) is 12.4 Å². The van der Waals surface area contributed by atoms with Crippen molar-refractivity contribution in [3.63, 3.8) is 0 Å². The number of hydrogen-bond donors (Lipinski definition) is 1. The minimum absolute atomic E-state index is 0. The topological polar surface area (TPSA) is 63.3 Å². The third kappa shape index (κ3) is 2.82. The van der Waals surface area contributed by atoms with Crippen LogP contribution < -0.4 is 5.32 Å². The Bertz CT molecular complexity index is 622. The zero-order chi connectivity index (χ0) is 14.1. The van der Waals surface area contributed by atoms with Crippen LogP contribution in [0.25, 0.3) is 0 Å². The SMILES string of the molecule is Cc1ccoc1C(=O)N1CCNCC1c1nccn1C.Cl. The Morgan fingerprint density at radius 3 is 2.95 bits per heavy atom. The lowest BCUT2D eigenvalue weighted by molar-refractivity contribution is 0.0587. The van der Waals surface area contributed by atoms with Gasteiger partial charge >= 0.3 is 0 Å². The second-order valence-electron chi connectivity index (χ2n) is 5.05. The molecule has 2 aromatic heterocycles. The third-order valence-corrected chi connectivity index (χ3v) is 3.72. The molecule has 1 N–H and O–H groups in total. The number of carbonyl (C=O) groups is 1. The normalized spacial score (nSPS) is 18.4. The van der Waals surface area contributed by atoms with Crippen molar-refractivity contribution in [3.8, 4) is 0 Å². The monoisotopic (exact) mass is 310 g/mol. The summed E-state index contributed by atoms with van der Waals surface area (Å²) in [5.41, 5.74) is 0.868. The molecule has 114 valence electrons. The summed E-state index contributed by atoms with van der Waals surface area (Å²) in [6.45, 7) is 4.02. The lowest BCUT2D eigenvalue weighted by Crippen LogP contribution is -2.49. The number of rotatable bonds is 2. The van der Waals surface area contributed by atoms with E-state index in [9.17, 15) is 4.79 Å². The fourth-order valence-corrected chi connectivity index (χ4v) is 2.60. The number of halogens is 1. The number of aromatic nitrogens is 2. The predicted octanol–water partition coefficient (Wildman–Crippen LogP) is 1.53. The van der Waals surface area contributed by atoms with E-state index < -0.39 is 0 Å². The van der Waals surface area contributed by atoms with E-state index in [-0.39, 0.29) is 24.4 Å². The van der Waals surface area contributed by atoms with Gasteiger partial charge in [0, 0.05) is 44.6 Å². The molecule has 6 nitrogen and oxygen atoms in total. The lowest BCUT2D eigenvalue weighted by atomic mass is 10.1. The molecule has 0 aliphatic carbocycles. The summed E-state index contributed by atoms with van der Waals surface area (Å²) in [7, 11) is 1.94. The number of nitrogens with zero attached hydrogens (tertiary/aromatic N) is 3. The molecule has 3 rings (SSSR count). The van der Waals surface area contributed by atoms with Crippen molar-refractivity contribution in [3.05, 3.63) is 41.9 Å². The van der Waals surface area contributed by atoms with Gasteiger partial charge in [-0.25, -0.2) is 4.98 Å². The Morgan fingerprint density at radius 1 is 1.52 bits per heavy atom. The summed E-state index contributed by atoms with van der Waals surface area (Å²) in [4.78, 5) is 18.9. The zero-order valence-electron chi connectivity index (χ0n) is 12.1. The average Bonchev–Trinajstić information content (AvgIpc) is 3.06. The Labute approximate surface area is 129 Å². The molecule has 3 heterocycles. The van der Waals surface area contributed by atoms with Gasteiger partial charge in [0.25, 0.3) is 5.91 Å². The number of carbonyl (C=O) groups excluding carboxylic acids is 1. The first-order valence-electron chi connectivity index (χ1n) is 6.71. The van der Waals surface area contributed by atoms with Crippen LogP contribution >= 0.6 is 12.4 Å². The van der Waals surface area contributed by atoms with Gasteiger partial charge in [-0.05, 0) is 13.0 Å². The predicted molar refractivity (Wildman–Crippen MR) is 80.5 cm³/mol. The summed E-state index contributed by atoms with van der Waals surface area (Å²) >= 11 is 0. The summed E-state index contributed by atoms with van der Waals surface area (Å²) in [5, 5.41) is 3.32. The second kappa shape index (κ2) is 6.32. The fourth-order valence-electron chi connectivity index (χ4n) is 2.60. The molecular weight excluding hydrogens is 292 g/mol. The van der Waals surface area contributed by atoms with Gasteiger partial charge in [0.15, 0.2) is 5.76 Å². The van der Waals surface area contributed by atoms with Gasteiger partial charge in [-0.3, -0.25) is 4.79 Å². The summed E-state index contributed by atoms with van der Waals surface area (Å²) in [6, 6.07) is 1.74. The highest BCUT2D eigenvalue weighted by Gasteiger charge is 2.32. The molecule has 7 heteroatoms. The van der Waals surface area contributed by atoms with Gasteiger partial charge in [0.05, 0.1) is 6.26 Å². The van der Waals surface area contributed by atoms with Gasteiger partial charge in [-0.2, -0.15) is 0 Å².